The smallest absolute Gasteiger partial charge is 0.432 e. The van der Waals surface area contributed by atoms with Gasteiger partial charge in [-0.2, -0.15) is 13.2 Å². The number of carbonyl (C=O) groups excluding carboxylic acids is 2. The first-order chi connectivity index (χ1) is 16.1. The maximum atomic E-state index is 14.2. The van der Waals surface area contributed by atoms with Crippen molar-refractivity contribution < 1.29 is 51.2 Å². The van der Waals surface area contributed by atoms with E-state index in [1.54, 1.807) is 0 Å². The highest BCUT2D eigenvalue weighted by atomic mass is 19.4. The Bertz CT molecular complexity index is 980. The Morgan fingerprint density at radius 3 is 1.94 bits per heavy atom. The molecular weight excluding hydrogens is 461 g/mol. The lowest BCUT2D eigenvalue weighted by Crippen LogP contribution is -2.53. The molecule has 2 aromatic carbocycles. The van der Waals surface area contributed by atoms with Crippen LogP contribution < -0.4 is 9.47 Å². The Hall–Kier alpha value is -3.31. The summed E-state index contributed by atoms with van der Waals surface area (Å²) < 4.78 is 72.9. The van der Waals surface area contributed by atoms with E-state index in [1.165, 1.54) is 57.7 Å². The summed E-state index contributed by atoms with van der Waals surface area (Å²) in [7, 11) is 5.69. The normalized spacial score (nSPS) is 14.9. The molecule has 2 rings (SSSR count). The number of halogens is 3. The number of carbonyl (C=O) groups is 2. The third-order valence-corrected chi connectivity index (χ3v) is 5.11. The van der Waals surface area contributed by atoms with Gasteiger partial charge in [0, 0.05) is 19.8 Å². The number of benzene rings is 2. The summed E-state index contributed by atoms with van der Waals surface area (Å²) in [6, 6.07) is 10.6. The fourth-order valence-electron chi connectivity index (χ4n) is 3.40. The van der Waals surface area contributed by atoms with Gasteiger partial charge in [0.05, 0.1) is 21.3 Å². The minimum Gasteiger partial charge on any atom is -0.493 e. The first kappa shape index (κ1) is 26.9. The summed E-state index contributed by atoms with van der Waals surface area (Å²) in [5, 5.41) is 0. The lowest BCUT2D eigenvalue weighted by Gasteiger charge is -2.34. The molecule has 0 N–H and O–H groups in total. The molecule has 0 saturated heterocycles. The zero-order chi connectivity index (χ0) is 25.5. The average molecular weight is 486 g/mol. The van der Waals surface area contributed by atoms with Crippen LogP contribution in [0.15, 0.2) is 48.5 Å². The minimum absolute atomic E-state index is 0.248. The molecule has 0 spiro atoms. The highest BCUT2D eigenvalue weighted by molar-refractivity contribution is 5.86. The number of methoxy groups -OCH3 is 5. The van der Waals surface area contributed by atoms with E-state index in [0.29, 0.717) is 5.75 Å². The second kappa shape index (κ2) is 11.2. The second-order valence-electron chi connectivity index (χ2n) is 6.87. The van der Waals surface area contributed by atoms with E-state index in [4.69, 9.17) is 23.7 Å². The van der Waals surface area contributed by atoms with Crippen molar-refractivity contribution in [3.63, 3.8) is 0 Å². The van der Waals surface area contributed by atoms with Crippen molar-refractivity contribution in [1.82, 2.24) is 0 Å². The summed E-state index contributed by atoms with van der Waals surface area (Å²) in [5.41, 5.74) is -3.78. The molecule has 0 aliphatic rings. The predicted octanol–water partition coefficient (Wildman–Crippen LogP) is 3.58. The summed E-state index contributed by atoms with van der Waals surface area (Å²) in [6.07, 6.45) is -8.50. The van der Waals surface area contributed by atoms with Crippen molar-refractivity contribution in [3.05, 3.63) is 59.7 Å². The summed E-state index contributed by atoms with van der Waals surface area (Å²) in [6.45, 7) is 0. The van der Waals surface area contributed by atoms with Gasteiger partial charge in [-0.15, -0.1) is 0 Å². The van der Waals surface area contributed by atoms with E-state index < -0.39 is 41.5 Å². The molecule has 3 atom stereocenters. The van der Waals surface area contributed by atoms with Crippen molar-refractivity contribution >= 4 is 11.9 Å². The van der Waals surface area contributed by atoms with Gasteiger partial charge in [-0.3, -0.25) is 0 Å². The SMILES string of the molecule is COC(=O)[C@H](OC(=O)[C@](OC)(c1ccccc1)C(F)(F)F)[C@H](OC)c1ccc(OC)c(OC)c1. The first-order valence-electron chi connectivity index (χ1n) is 9.82. The van der Waals surface area contributed by atoms with Crippen molar-refractivity contribution in [2.45, 2.75) is 24.0 Å². The van der Waals surface area contributed by atoms with Crippen LogP contribution in [0.4, 0.5) is 13.2 Å². The number of hydrogen-bond donors (Lipinski definition) is 0. The number of hydrogen-bond acceptors (Lipinski definition) is 8. The van der Waals surface area contributed by atoms with Gasteiger partial charge >= 0.3 is 18.1 Å². The van der Waals surface area contributed by atoms with Crippen LogP contribution in [0.3, 0.4) is 0 Å². The lowest BCUT2D eigenvalue weighted by molar-refractivity contribution is -0.279. The Morgan fingerprint density at radius 2 is 1.47 bits per heavy atom. The van der Waals surface area contributed by atoms with E-state index in [1.807, 2.05) is 0 Å². The van der Waals surface area contributed by atoms with Gasteiger partial charge in [0.2, 0.25) is 6.10 Å². The van der Waals surface area contributed by atoms with Crippen molar-refractivity contribution in [2.75, 3.05) is 35.5 Å². The molecule has 0 bridgehead atoms. The molecule has 0 aliphatic carbocycles. The Labute approximate surface area is 194 Å². The first-order valence-corrected chi connectivity index (χ1v) is 9.82. The molecule has 0 aliphatic heterocycles. The zero-order valence-electron chi connectivity index (χ0n) is 19.2. The molecule has 2 aromatic rings. The average Bonchev–Trinajstić information content (AvgIpc) is 2.83. The van der Waals surface area contributed by atoms with E-state index in [0.717, 1.165) is 26.4 Å². The largest absolute Gasteiger partial charge is 0.493 e. The zero-order valence-corrected chi connectivity index (χ0v) is 19.2. The molecule has 0 saturated carbocycles. The molecular formula is C23H25F3O8. The molecule has 186 valence electrons. The molecule has 34 heavy (non-hydrogen) atoms. The van der Waals surface area contributed by atoms with Crippen LogP contribution in [0.2, 0.25) is 0 Å². The fraction of sp³-hybridized carbons (Fsp3) is 0.391. The molecule has 0 unspecified atom stereocenters. The highest BCUT2D eigenvalue weighted by Crippen LogP contribution is 2.44. The van der Waals surface area contributed by atoms with Crippen molar-refractivity contribution in [2.24, 2.45) is 0 Å². The minimum atomic E-state index is -5.23. The molecule has 0 fully saturated rings. The third-order valence-electron chi connectivity index (χ3n) is 5.11. The summed E-state index contributed by atoms with van der Waals surface area (Å²) in [5.74, 6) is -2.41. The van der Waals surface area contributed by atoms with Crippen LogP contribution in [0, 0.1) is 0 Å². The van der Waals surface area contributed by atoms with Gasteiger partial charge in [0.25, 0.3) is 5.60 Å². The molecule has 0 radical (unpaired) electrons. The maximum Gasteiger partial charge on any atom is 0.432 e. The predicted molar refractivity (Wildman–Crippen MR) is 112 cm³/mol. The van der Waals surface area contributed by atoms with Crippen LogP contribution in [0.5, 0.6) is 11.5 Å². The number of rotatable bonds is 10. The van der Waals surface area contributed by atoms with Crippen LogP contribution in [0.1, 0.15) is 17.2 Å². The van der Waals surface area contributed by atoms with Gasteiger partial charge in [0.1, 0.15) is 6.10 Å². The van der Waals surface area contributed by atoms with Crippen LogP contribution in [-0.2, 0) is 34.1 Å². The third kappa shape index (κ3) is 5.10. The van der Waals surface area contributed by atoms with Crippen molar-refractivity contribution in [1.29, 1.82) is 0 Å². The molecule has 0 heterocycles. The molecule has 0 aromatic heterocycles. The van der Waals surface area contributed by atoms with Crippen LogP contribution in [0.25, 0.3) is 0 Å². The monoisotopic (exact) mass is 486 g/mol. The highest BCUT2D eigenvalue weighted by Gasteiger charge is 2.64. The Morgan fingerprint density at radius 1 is 0.853 bits per heavy atom. The van der Waals surface area contributed by atoms with E-state index in [9.17, 15) is 22.8 Å². The van der Waals surface area contributed by atoms with Gasteiger partial charge < -0.3 is 28.4 Å². The molecule has 8 nitrogen and oxygen atoms in total. The van der Waals surface area contributed by atoms with E-state index >= 15 is 0 Å². The van der Waals surface area contributed by atoms with E-state index in [2.05, 4.69) is 4.74 Å². The van der Waals surface area contributed by atoms with Gasteiger partial charge in [-0.05, 0) is 17.7 Å². The maximum absolute atomic E-state index is 14.2. The second-order valence-corrected chi connectivity index (χ2v) is 6.87. The van der Waals surface area contributed by atoms with Crippen LogP contribution >= 0.6 is 0 Å². The standard InChI is InChI=1S/C23H25F3O8/c1-29-16-12-11-14(13-17(16)30-2)18(31-3)19(20(27)32-4)34-21(28)22(33-5,23(24,25)26)15-9-7-6-8-10-15/h6-13,18-19H,1-5H3/t18-,19-,22-/m1/s1. The van der Waals surface area contributed by atoms with Gasteiger partial charge in [0.15, 0.2) is 11.5 Å². The van der Waals surface area contributed by atoms with Gasteiger partial charge in [-0.1, -0.05) is 36.4 Å². The van der Waals surface area contributed by atoms with Crippen LogP contribution in [-0.4, -0.2) is 59.8 Å². The summed E-state index contributed by atoms with van der Waals surface area (Å²) in [4.78, 5) is 25.6. The molecule has 11 heteroatoms. The quantitative estimate of drug-likeness (QED) is 0.471. The molecule has 0 amide bonds. The van der Waals surface area contributed by atoms with E-state index in [-0.39, 0.29) is 11.3 Å². The fourth-order valence-corrected chi connectivity index (χ4v) is 3.40. The number of ether oxygens (including phenoxy) is 6. The Kier molecular flexibility index (Phi) is 8.88. The lowest BCUT2D eigenvalue weighted by atomic mass is 9.92. The van der Waals surface area contributed by atoms with Crippen molar-refractivity contribution in [3.8, 4) is 11.5 Å². The topological polar surface area (TPSA) is 89.5 Å². The number of alkyl halides is 3. The van der Waals surface area contributed by atoms with Gasteiger partial charge in [-0.25, -0.2) is 9.59 Å². The summed E-state index contributed by atoms with van der Waals surface area (Å²) >= 11 is 0. The Balaban J connectivity index is 2.56. The number of esters is 2.